The molecule has 0 heterocycles. The van der Waals surface area contributed by atoms with E-state index in [9.17, 15) is 0 Å². The molecule has 0 atom stereocenters. The molecule has 20 heavy (non-hydrogen) atoms. The molecule has 1 aliphatic rings. The topological polar surface area (TPSA) is 38.5 Å². The van der Waals surface area contributed by atoms with Crippen LogP contribution in [-0.2, 0) is 6.54 Å². The second-order valence-corrected chi connectivity index (χ2v) is 6.88. The van der Waals surface area contributed by atoms with E-state index in [0.29, 0.717) is 11.5 Å². The van der Waals surface area contributed by atoms with Crippen LogP contribution in [0.25, 0.3) is 0 Å². The fraction of sp³-hybridized carbons (Fsp3) is 0.647. The highest BCUT2D eigenvalue weighted by Crippen LogP contribution is 2.37. The number of anilines is 1. The van der Waals surface area contributed by atoms with Crippen molar-refractivity contribution in [1.82, 2.24) is 4.90 Å². The van der Waals surface area contributed by atoms with Crippen molar-refractivity contribution in [1.29, 1.82) is 0 Å². The molecule has 1 aromatic rings. The van der Waals surface area contributed by atoms with Crippen LogP contribution in [-0.4, -0.2) is 25.1 Å². The maximum atomic E-state index is 6.08. The molecule has 1 aromatic carbocycles. The van der Waals surface area contributed by atoms with E-state index in [1.807, 2.05) is 12.1 Å². The van der Waals surface area contributed by atoms with Crippen LogP contribution in [0.1, 0.15) is 45.1 Å². The number of ether oxygens (including phenoxy) is 1. The Morgan fingerprint density at radius 2 is 1.95 bits per heavy atom. The van der Waals surface area contributed by atoms with Crippen molar-refractivity contribution < 1.29 is 4.74 Å². The van der Waals surface area contributed by atoms with Gasteiger partial charge in [0.2, 0.25) is 0 Å². The first-order valence-corrected chi connectivity index (χ1v) is 7.54. The van der Waals surface area contributed by atoms with Crippen molar-refractivity contribution in [3.63, 3.8) is 0 Å². The van der Waals surface area contributed by atoms with E-state index in [4.69, 9.17) is 10.5 Å². The number of benzene rings is 1. The van der Waals surface area contributed by atoms with E-state index in [2.05, 4.69) is 31.9 Å². The molecule has 0 bridgehead atoms. The van der Waals surface area contributed by atoms with Gasteiger partial charge in [-0.15, -0.1) is 0 Å². The van der Waals surface area contributed by atoms with Gasteiger partial charge in [0.1, 0.15) is 5.75 Å². The lowest BCUT2D eigenvalue weighted by Crippen LogP contribution is -2.36. The summed E-state index contributed by atoms with van der Waals surface area (Å²) in [6.07, 6.45) is 5.20. The maximum Gasteiger partial charge on any atom is 0.119 e. The Kier molecular flexibility index (Phi) is 4.59. The molecule has 2 N–H and O–H groups in total. The normalized spacial score (nSPS) is 19.2. The molecular weight excluding hydrogens is 248 g/mol. The van der Waals surface area contributed by atoms with Gasteiger partial charge in [-0.3, -0.25) is 4.90 Å². The van der Waals surface area contributed by atoms with Gasteiger partial charge in [0.15, 0.2) is 0 Å². The SMILES string of the molecule is COc1ccc(N)c(CN(C)C2CCC(C)(C)CC2)c1. The van der Waals surface area contributed by atoms with Crippen LogP contribution in [0.3, 0.4) is 0 Å². The number of methoxy groups -OCH3 is 1. The smallest absolute Gasteiger partial charge is 0.119 e. The van der Waals surface area contributed by atoms with E-state index in [0.717, 1.165) is 23.5 Å². The van der Waals surface area contributed by atoms with Crippen LogP contribution >= 0.6 is 0 Å². The van der Waals surface area contributed by atoms with Crippen LogP contribution in [0, 0.1) is 5.41 Å². The summed E-state index contributed by atoms with van der Waals surface area (Å²) in [4.78, 5) is 2.44. The average Bonchev–Trinajstić information content (AvgIpc) is 2.41. The fourth-order valence-electron chi connectivity index (χ4n) is 3.07. The summed E-state index contributed by atoms with van der Waals surface area (Å²) in [5.41, 5.74) is 8.62. The zero-order valence-electron chi connectivity index (χ0n) is 13.3. The van der Waals surface area contributed by atoms with E-state index in [1.165, 1.54) is 25.7 Å². The van der Waals surface area contributed by atoms with Crippen LogP contribution in [0.15, 0.2) is 18.2 Å². The van der Waals surface area contributed by atoms with Crippen LogP contribution in [0.2, 0.25) is 0 Å². The van der Waals surface area contributed by atoms with E-state index < -0.39 is 0 Å². The summed E-state index contributed by atoms with van der Waals surface area (Å²) in [6, 6.07) is 6.58. The first-order valence-electron chi connectivity index (χ1n) is 7.54. The van der Waals surface area contributed by atoms with E-state index >= 15 is 0 Å². The second kappa shape index (κ2) is 6.04. The molecule has 0 unspecified atom stereocenters. The molecule has 0 radical (unpaired) electrons. The number of hydrogen-bond donors (Lipinski definition) is 1. The molecule has 0 spiro atoms. The van der Waals surface area contributed by atoms with E-state index in [-0.39, 0.29) is 0 Å². The highest BCUT2D eigenvalue weighted by Gasteiger charge is 2.28. The summed E-state index contributed by atoms with van der Waals surface area (Å²) in [7, 11) is 3.91. The van der Waals surface area contributed by atoms with Crippen LogP contribution < -0.4 is 10.5 Å². The minimum absolute atomic E-state index is 0.520. The molecule has 0 aliphatic heterocycles. The third-order valence-corrected chi connectivity index (χ3v) is 4.70. The Labute approximate surface area is 123 Å². The molecule has 2 rings (SSSR count). The fourth-order valence-corrected chi connectivity index (χ4v) is 3.07. The Bertz CT molecular complexity index is 446. The molecule has 1 saturated carbocycles. The lowest BCUT2D eigenvalue weighted by Gasteiger charge is -2.38. The summed E-state index contributed by atoms with van der Waals surface area (Å²) < 4.78 is 5.29. The maximum absolute atomic E-state index is 6.08. The molecule has 0 amide bonds. The van der Waals surface area contributed by atoms with Gasteiger partial charge in [-0.25, -0.2) is 0 Å². The number of nitrogens with zero attached hydrogens (tertiary/aromatic N) is 1. The zero-order chi connectivity index (χ0) is 14.8. The quantitative estimate of drug-likeness (QED) is 0.853. The largest absolute Gasteiger partial charge is 0.497 e. The van der Waals surface area contributed by atoms with Crippen molar-refractivity contribution in [3.05, 3.63) is 23.8 Å². The zero-order valence-corrected chi connectivity index (χ0v) is 13.3. The summed E-state index contributed by atoms with van der Waals surface area (Å²) in [5.74, 6) is 0.882. The standard InChI is InChI=1S/C17H28N2O/c1-17(2)9-7-14(8-10-17)19(3)12-13-11-15(20-4)5-6-16(13)18/h5-6,11,14H,7-10,12,18H2,1-4H3. The van der Waals surface area contributed by atoms with Crippen LogP contribution in [0.4, 0.5) is 5.69 Å². The first kappa shape index (κ1) is 15.2. The summed E-state index contributed by atoms with van der Waals surface area (Å²) in [6.45, 7) is 5.65. The first-order chi connectivity index (χ1) is 9.41. The van der Waals surface area contributed by atoms with Crippen molar-refractivity contribution in [2.45, 2.75) is 52.1 Å². The van der Waals surface area contributed by atoms with Crippen molar-refractivity contribution in [2.75, 3.05) is 19.9 Å². The second-order valence-electron chi connectivity index (χ2n) is 6.88. The molecule has 0 aromatic heterocycles. The van der Waals surface area contributed by atoms with Crippen molar-refractivity contribution >= 4 is 5.69 Å². The average molecular weight is 276 g/mol. The Hall–Kier alpha value is -1.22. The van der Waals surface area contributed by atoms with Gasteiger partial charge in [-0.05, 0) is 61.9 Å². The van der Waals surface area contributed by atoms with Crippen LogP contribution in [0.5, 0.6) is 5.75 Å². The van der Waals surface area contributed by atoms with E-state index in [1.54, 1.807) is 7.11 Å². The molecular formula is C17H28N2O. The van der Waals surface area contributed by atoms with Gasteiger partial charge in [0, 0.05) is 18.3 Å². The summed E-state index contributed by atoms with van der Waals surface area (Å²) >= 11 is 0. The molecule has 1 aliphatic carbocycles. The van der Waals surface area contributed by atoms with Gasteiger partial charge < -0.3 is 10.5 Å². The Balaban J connectivity index is 1.99. The molecule has 1 fully saturated rings. The lowest BCUT2D eigenvalue weighted by molar-refractivity contribution is 0.123. The molecule has 112 valence electrons. The number of nitrogen functional groups attached to an aromatic ring is 1. The molecule has 3 heteroatoms. The number of nitrogens with two attached hydrogens (primary N) is 1. The highest BCUT2D eigenvalue weighted by molar-refractivity contribution is 5.50. The number of rotatable bonds is 4. The minimum Gasteiger partial charge on any atom is -0.497 e. The predicted octanol–water partition coefficient (Wildman–Crippen LogP) is 3.68. The highest BCUT2D eigenvalue weighted by atomic mass is 16.5. The van der Waals surface area contributed by atoms with Gasteiger partial charge in [-0.2, -0.15) is 0 Å². The van der Waals surface area contributed by atoms with Gasteiger partial charge in [0.25, 0.3) is 0 Å². The monoisotopic (exact) mass is 276 g/mol. The van der Waals surface area contributed by atoms with Gasteiger partial charge >= 0.3 is 0 Å². The number of hydrogen-bond acceptors (Lipinski definition) is 3. The van der Waals surface area contributed by atoms with Gasteiger partial charge in [0.05, 0.1) is 7.11 Å². The summed E-state index contributed by atoms with van der Waals surface area (Å²) in [5, 5.41) is 0. The third-order valence-electron chi connectivity index (χ3n) is 4.70. The third kappa shape index (κ3) is 3.66. The Morgan fingerprint density at radius 1 is 1.30 bits per heavy atom. The predicted molar refractivity (Wildman–Crippen MR) is 84.9 cm³/mol. The molecule has 3 nitrogen and oxygen atoms in total. The van der Waals surface area contributed by atoms with Crippen molar-refractivity contribution in [2.24, 2.45) is 5.41 Å². The van der Waals surface area contributed by atoms with Crippen molar-refractivity contribution in [3.8, 4) is 5.75 Å². The Morgan fingerprint density at radius 3 is 2.55 bits per heavy atom. The molecule has 0 saturated heterocycles. The minimum atomic E-state index is 0.520. The van der Waals surface area contributed by atoms with Gasteiger partial charge in [-0.1, -0.05) is 13.8 Å². The lowest BCUT2D eigenvalue weighted by atomic mass is 9.75.